The van der Waals surface area contributed by atoms with Crippen molar-refractivity contribution in [1.82, 2.24) is 35.0 Å². The first-order valence-electron chi connectivity index (χ1n) is 13.7. The molecule has 1 aliphatic carbocycles. The number of methoxy groups -OCH3 is 2. The van der Waals surface area contributed by atoms with Crippen molar-refractivity contribution < 1.29 is 18.7 Å². The van der Waals surface area contributed by atoms with E-state index in [4.69, 9.17) is 13.9 Å². The highest BCUT2D eigenvalue weighted by Crippen LogP contribution is 2.35. The van der Waals surface area contributed by atoms with E-state index in [1.54, 1.807) is 37.3 Å². The highest BCUT2D eigenvalue weighted by molar-refractivity contribution is 5.91. The zero-order chi connectivity index (χ0) is 27.6. The van der Waals surface area contributed by atoms with Gasteiger partial charge in [-0.1, -0.05) is 19.3 Å². The predicted octanol–water partition coefficient (Wildman–Crippen LogP) is 3.18. The van der Waals surface area contributed by atoms with Crippen molar-refractivity contribution in [2.24, 2.45) is 0 Å². The fourth-order valence-corrected chi connectivity index (χ4v) is 5.96. The third kappa shape index (κ3) is 4.83. The van der Waals surface area contributed by atoms with E-state index in [0.29, 0.717) is 60.3 Å². The molecule has 2 aliphatic rings. The Bertz CT molecular complexity index is 1530. The molecular formula is C28H33N7O5. The molecular weight excluding hydrogens is 514 g/mol. The number of nitrogens with one attached hydrogen (secondary N) is 1. The molecule has 1 amide bonds. The van der Waals surface area contributed by atoms with Crippen LogP contribution in [0, 0.1) is 0 Å². The summed E-state index contributed by atoms with van der Waals surface area (Å²) in [5.74, 6) is 1.93. The van der Waals surface area contributed by atoms with Gasteiger partial charge < -0.3 is 23.8 Å². The number of tetrazole rings is 1. The van der Waals surface area contributed by atoms with E-state index in [9.17, 15) is 9.59 Å². The smallest absolute Gasteiger partial charge is 0.289 e. The molecule has 12 nitrogen and oxygen atoms in total. The zero-order valence-electron chi connectivity index (χ0n) is 22.7. The number of aromatic amines is 1. The monoisotopic (exact) mass is 547 g/mol. The van der Waals surface area contributed by atoms with Crippen LogP contribution in [0.3, 0.4) is 0 Å². The number of benzene rings is 1. The van der Waals surface area contributed by atoms with E-state index >= 15 is 0 Å². The predicted molar refractivity (Wildman–Crippen MR) is 146 cm³/mol. The molecule has 1 atom stereocenters. The van der Waals surface area contributed by atoms with Crippen molar-refractivity contribution in [3.63, 3.8) is 0 Å². The SMILES string of the molecule is COc1cc2cc(C(c3nnnn3C3CCCCC3)N3CCN(C(=O)c4ccco4)CC3)c(=O)[nH]c2cc1OC. The number of amides is 1. The maximum Gasteiger partial charge on any atom is 0.289 e. The van der Waals surface area contributed by atoms with Crippen LogP contribution in [0.15, 0.2) is 45.8 Å². The number of carbonyl (C=O) groups is 1. The minimum Gasteiger partial charge on any atom is -0.493 e. The second kappa shape index (κ2) is 11.1. The van der Waals surface area contributed by atoms with E-state index in [1.807, 2.05) is 16.8 Å². The Morgan fingerprint density at radius 3 is 2.50 bits per heavy atom. The molecule has 0 bridgehead atoms. The van der Waals surface area contributed by atoms with Crippen LogP contribution in [0.5, 0.6) is 11.5 Å². The molecule has 1 saturated heterocycles. The van der Waals surface area contributed by atoms with Gasteiger partial charge in [-0.15, -0.1) is 5.10 Å². The van der Waals surface area contributed by atoms with Crippen LogP contribution in [0.4, 0.5) is 0 Å². The third-order valence-corrected chi connectivity index (χ3v) is 8.05. The van der Waals surface area contributed by atoms with E-state index in [0.717, 1.165) is 31.1 Å². The summed E-state index contributed by atoms with van der Waals surface area (Å²) in [6.07, 6.45) is 6.96. The summed E-state index contributed by atoms with van der Waals surface area (Å²) in [7, 11) is 3.15. The number of furan rings is 1. The normalized spacial score (nSPS) is 17.7. The Balaban J connectivity index is 1.39. The number of carbonyl (C=O) groups excluding carboxylic acids is 1. The largest absolute Gasteiger partial charge is 0.493 e. The van der Waals surface area contributed by atoms with E-state index in [2.05, 4.69) is 25.4 Å². The van der Waals surface area contributed by atoms with E-state index in [1.165, 1.54) is 12.7 Å². The Labute approximate surface area is 230 Å². The number of pyridine rings is 1. The van der Waals surface area contributed by atoms with Crippen molar-refractivity contribution >= 4 is 16.8 Å². The van der Waals surface area contributed by atoms with Crippen LogP contribution in [0.25, 0.3) is 10.9 Å². The maximum absolute atomic E-state index is 13.7. The van der Waals surface area contributed by atoms with Gasteiger partial charge in [0.1, 0.15) is 6.04 Å². The molecule has 6 rings (SSSR count). The molecule has 1 N–H and O–H groups in total. The molecule has 4 aromatic rings. The van der Waals surface area contributed by atoms with Crippen LogP contribution in [-0.4, -0.2) is 81.3 Å². The van der Waals surface area contributed by atoms with Crippen molar-refractivity contribution in [2.75, 3.05) is 40.4 Å². The van der Waals surface area contributed by atoms with E-state index in [-0.39, 0.29) is 17.5 Å². The van der Waals surface area contributed by atoms with Crippen molar-refractivity contribution in [3.05, 3.63) is 64.1 Å². The summed E-state index contributed by atoms with van der Waals surface area (Å²) in [6, 6.07) is 8.58. The van der Waals surface area contributed by atoms with Crippen LogP contribution >= 0.6 is 0 Å². The standard InChI is InChI=1S/C28H33N7O5/c1-38-23-16-18-15-20(27(36)29-21(18)17-24(23)39-2)25(26-30-31-32-35(26)19-7-4-3-5-8-19)33-10-12-34(13-11-33)28(37)22-9-6-14-40-22/h6,9,14-17,19,25H,3-5,7-8,10-13H2,1-2H3,(H,29,36). The second-order valence-corrected chi connectivity index (χ2v) is 10.3. The van der Waals surface area contributed by atoms with Gasteiger partial charge in [0.15, 0.2) is 23.1 Å². The van der Waals surface area contributed by atoms with Crippen LogP contribution in [0.1, 0.15) is 66.1 Å². The Kier molecular flexibility index (Phi) is 7.25. The average molecular weight is 548 g/mol. The Morgan fingerprint density at radius 2 is 1.80 bits per heavy atom. The van der Waals surface area contributed by atoms with Crippen LogP contribution < -0.4 is 15.0 Å². The fraction of sp³-hybridized carbons (Fsp3) is 0.464. The zero-order valence-corrected chi connectivity index (χ0v) is 22.7. The Morgan fingerprint density at radius 1 is 1.05 bits per heavy atom. The Hall–Kier alpha value is -4.19. The van der Waals surface area contributed by atoms with Gasteiger partial charge in [0.05, 0.1) is 32.0 Å². The van der Waals surface area contributed by atoms with Crippen LogP contribution in [0.2, 0.25) is 0 Å². The number of rotatable bonds is 7. The number of H-pyrrole nitrogens is 1. The molecule has 40 heavy (non-hydrogen) atoms. The first-order chi connectivity index (χ1) is 19.6. The first kappa shape index (κ1) is 26.1. The minimum atomic E-state index is -0.501. The molecule has 1 aromatic carbocycles. The maximum atomic E-state index is 13.7. The number of fused-ring (bicyclic) bond motifs is 1. The van der Waals surface area contributed by atoms with Crippen molar-refractivity contribution in [2.45, 2.75) is 44.2 Å². The lowest BCUT2D eigenvalue weighted by Gasteiger charge is -2.38. The number of piperazine rings is 1. The van der Waals surface area contributed by atoms with Gasteiger partial charge in [-0.05, 0) is 47.5 Å². The lowest BCUT2D eigenvalue weighted by atomic mass is 9.95. The van der Waals surface area contributed by atoms with Gasteiger partial charge in [-0.2, -0.15) is 0 Å². The highest BCUT2D eigenvalue weighted by atomic mass is 16.5. The van der Waals surface area contributed by atoms with Gasteiger partial charge in [0, 0.05) is 43.2 Å². The first-order valence-corrected chi connectivity index (χ1v) is 13.7. The van der Waals surface area contributed by atoms with Crippen molar-refractivity contribution in [3.8, 4) is 11.5 Å². The van der Waals surface area contributed by atoms with Gasteiger partial charge in [-0.3, -0.25) is 14.5 Å². The highest BCUT2D eigenvalue weighted by Gasteiger charge is 2.35. The number of nitrogens with zero attached hydrogens (tertiary/aromatic N) is 6. The average Bonchev–Trinajstić information content (AvgIpc) is 3.71. The molecule has 4 heterocycles. The number of ether oxygens (including phenoxy) is 2. The molecule has 210 valence electrons. The van der Waals surface area contributed by atoms with E-state index < -0.39 is 6.04 Å². The van der Waals surface area contributed by atoms with Crippen molar-refractivity contribution in [1.29, 1.82) is 0 Å². The second-order valence-electron chi connectivity index (χ2n) is 10.3. The summed E-state index contributed by atoms with van der Waals surface area (Å²) in [5, 5.41) is 13.8. The molecule has 2 fully saturated rings. The number of aromatic nitrogens is 5. The number of hydrogen-bond donors (Lipinski definition) is 1. The molecule has 0 radical (unpaired) electrons. The summed E-state index contributed by atoms with van der Waals surface area (Å²) < 4.78 is 18.2. The van der Waals surface area contributed by atoms with Gasteiger partial charge in [0.25, 0.3) is 11.5 Å². The topological polar surface area (TPSA) is 132 Å². The molecule has 1 aliphatic heterocycles. The summed E-state index contributed by atoms with van der Waals surface area (Å²) in [4.78, 5) is 33.6. The lowest BCUT2D eigenvalue weighted by molar-refractivity contribution is 0.0556. The molecule has 12 heteroatoms. The summed E-state index contributed by atoms with van der Waals surface area (Å²) in [5.41, 5.74) is 0.959. The van der Waals surface area contributed by atoms with Gasteiger partial charge in [-0.25, -0.2) is 4.68 Å². The summed E-state index contributed by atoms with van der Waals surface area (Å²) in [6.45, 7) is 2.05. The fourth-order valence-electron chi connectivity index (χ4n) is 5.96. The number of hydrogen-bond acceptors (Lipinski definition) is 9. The third-order valence-electron chi connectivity index (χ3n) is 8.05. The summed E-state index contributed by atoms with van der Waals surface area (Å²) >= 11 is 0. The molecule has 0 spiro atoms. The molecule has 3 aromatic heterocycles. The molecule has 1 unspecified atom stereocenters. The minimum absolute atomic E-state index is 0.141. The molecule has 1 saturated carbocycles. The quantitative estimate of drug-likeness (QED) is 0.370. The van der Waals surface area contributed by atoms with Gasteiger partial charge in [0.2, 0.25) is 0 Å². The van der Waals surface area contributed by atoms with Gasteiger partial charge >= 0.3 is 0 Å². The van der Waals surface area contributed by atoms with Crippen LogP contribution in [-0.2, 0) is 0 Å². The lowest BCUT2D eigenvalue weighted by Crippen LogP contribution is -2.51.